The second-order valence-electron chi connectivity index (χ2n) is 7.15. The van der Waals surface area contributed by atoms with Gasteiger partial charge in [0, 0.05) is 6.42 Å². The highest BCUT2D eigenvalue weighted by molar-refractivity contribution is 8.00. The molecule has 0 bridgehead atoms. The minimum Gasteiger partial charge on any atom is -0.349 e. The first kappa shape index (κ1) is 19.0. The number of H-pyrrole nitrogens is 1. The average Bonchev–Trinajstić information content (AvgIpc) is 3.32. The van der Waals surface area contributed by atoms with Gasteiger partial charge in [-0.05, 0) is 31.7 Å². The van der Waals surface area contributed by atoms with Gasteiger partial charge in [-0.25, -0.2) is 4.98 Å². The van der Waals surface area contributed by atoms with Crippen LogP contribution in [-0.2, 0) is 11.2 Å². The highest BCUT2D eigenvalue weighted by atomic mass is 32.2. The Hall–Kier alpha value is -1.82. The highest BCUT2D eigenvalue weighted by Crippen LogP contribution is 2.28. The van der Waals surface area contributed by atoms with Crippen molar-refractivity contribution in [2.75, 3.05) is 0 Å². The Morgan fingerprint density at radius 1 is 1.27 bits per heavy atom. The van der Waals surface area contributed by atoms with Crippen molar-refractivity contribution in [3.05, 3.63) is 41.7 Å². The van der Waals surface area contributed by atoms with Crippen molar-refractivity contribution in [3.63, 3.8) is 0 Å². The van der Waals surface area contributed by atoms with Crippen LogP contribution in [0.25, 0.3) is 0 Å². The fourth-order valence-corrected chi connectivity index (χ4v) is 4.20. The summed E-state index contributed by atoms with van der Waals surface area (Å²) in [6, 6.07) is 9.97. The van der Waals surface area contributed by atoms with Crippen molar-refractivity contribution in [2.45, 2.75) is 68.8 Å². The number of benzene rings is 1. The third-order valence-electron chi connectivity index (χ3n) is 5.09. The Bertz CT molecular complexity index is 697. The molecule has 1 aromatic heterocycles. The van der Waals surface area contributed by atoms with E-state index in [2.05, 4.69) is 20.5 Å². The van der Waals surface area contributed by atoms with Crippen molar-refractivity contribution in [1.29, 1.82) is 0 Å². The Kier molecular flexibility index (Phi) is 6.72. The van der Waals surface area contributed by atoms with Crippen molar-refractivity contribution < 1.29 is 4.79 Å². The van der Waals surface area contributed by atoms with Gasteiger partial charge >= 0.3 is 0 Å². The molecule has 1 saturated carbocycles. The zero-order valence-corrected chi connectivity index (χ0v) is 16.4. The van der Waals surface area contributed by atoms with Crippen LogP contribution in [0.4, 0.5) is 0 Å². The normalized spacial score (nSPS) is 17.2. The van der Waals surface area contributed by atoms with Gasteiger partial charge in [0.15, 0.2) is 0 Å². The fraction of sp³-hybridized carbons (Fsp3) is 0.550. The van der Waals surface area contributed by atoms with E-state index in [9.17, 15) is 4.79 Å². The number of nitrogens with one attached hydrogen (secondary N) is 2. The van der Waals surface area contributed by atoms with E-state index in [-0.39, 0.29) is 17.2 Å². The first-order valence-corrected chi connectivity index (χ1v) is 10.4. The Morgan fingerprint density at radius 3 is 2.73 bits per heavy atom. The molecule has 0 spiro atoms. The standard InChI is InChI=1S/C20H28N4OS/c1-14(17-10-4-3-5-11-17)21-19(25)15(2)26-20-22-18(23-24-20)13-12-16-8-6-7-9-16/h3-5,10-11,14-16H,6-9,12-13H2,1-2H3,(H,21,25)(H,22,23,24). The quantitative estimate of drug-likeness (QED) is 0.678. The largest absolute Gasteiger partial charge is 0.349 e. The topological polar surface area (TPSA) is 70.7 Å². The lowest BCUT2D eigenvalue weighted by Crippen LogP contribution is -2.33. The number of aromatic nitrogens is 3. The minimum absolute atomic E-state index is 0.00339. The SMILES string of the molecule is CC(Sc1n[nH]c(CCC2CCCC2)n1)C(=O)NC(C)c1ccccc1. The number of carbonyl (C=O) groups is 1. The van der Waals surface area contributed by atoms with Gasteiger partial charge in [0.1, 0.15) is 5.82 Å². The van der Waals surface area contributed by atoms with Crippen molar-refractivity contribution >= 4 is 17.7 Å². The van der Waals surface area contributed by atoms with Crippen LogP contribution in [0.2, 0.25) is 0 Å². The maximum atomic E-state index is 12.4. The van der Waals surface area contributed by atoms with Gasteiger partial charge in [-0.1, -0.05) is 67.8 Å². The van der Waals surface area contributed by atoms with Crippen LogP contribution in [0, 0.1) is 5.92 Å². The van der Waals surface area contributed by atoms with Crippen molar-refractivity contribution in [3.8, 4) is 0 Å². The third kappa shape index (κ3) is 5.34. The second kappa shape index (κ2) is 9.21. The third-order valence-corrected chi connectivity index (χ3v) is 6.05. The molecule has 0 saturated heterocycles. The zero-order valence-electron chi connectivity index (χ0n) is 15.6. The molecule has 3 rings (SSSR count). The van der Waals surface area contributed by atoms with E-state index in [1.54, 1.807) is 0 Å². The lowest BCUT2D eigenvalue weighted by Gasteiger charge is -2.16. The number of nitrogens with zero attached hydrogens (tertiary/aromatic N) is 2. The van der Waals surface area contributed by atoms with Crippen LogP contribution in [0.1, 0.15) is 63.4 Å². The summed E-state index contributed by atoms with van der Waals surface area (Å²) in [5.74, 6) is 1.79. The molecule has 1 heterocycles. The molecule has 1 aromatic carbocycles. The van der Waals surface area contributed by atoms with E-state index in [0.29, 0.717) is 5.16 Å². The molecule has 2 atom stereocenters. The Balaban J connectivity index is 1.46. The summed E-state index contributed by atoms with van der Waals surface area (Å²) in [7, 11) is 0. The van der Waals surface area contributed by atoms with Gasteiger partial charge in [0.25, 0.3) is 0 Å². The van der Waals surface area contributed by atoms with Crippen LogP contribution in [0.3, 0.4) is 0 Å². The number of hydrogen-bond acceptors (Lipinski definition) is 4. The molecule has 0 radical (unpaired) electrons. The maximum absolute atomic E-state index is 12.4. The highest BCUT2D eigenvalue weighted by Gasteiger charge is 2.20. The van der Waals surface area contributed by atoms with Crippen molar-refractivity contribution in [1.82, 2.24) is 20.5 Å². The predicted molar refractivity (Wildman–Crippen MR) is 105 cm³/mol. The van der Waals surface area contributed by atoms with Gasteiger partial charge in [-0.2, -0.15) is 0 Å². The van der Waals surface area contributed by atoms with E-state index in [1.807, 2.05) is 44.2 Å². The summed E-state index contributed by atoms with van der Waals surface area (Å²) in [6.45, 7) is 3.89. The maximum Gasteiger partial charge on any atom is 0.233 e. The second-order valence-corrected chi connectivity index (χ2v) is 8.46. The number of amides is 1. The van der Waals surface area contributed by atoms with E-state index in [0.717, 1.165) is 23.7 Å². The molecule has 6 heteroatoms. The molecular formula is C20H28N4OS. The van der Waals surface area contributed by atoms with E-state index < -0.39 is 0 Å². The van der Waals surface area contributed by atoms with Crippen LogP contribution >= 0.6 is 11.8 Å². The molecular weight excluding hydrogens is 344 g/mol. The first-order chi connectivity index (χ1) is 12.6. The molecule has 2 unspecified atom stereocenters. The van der Waals surface area contributed by atoms with E-state index in [4.69, 9.17) is 0 Å². The minimum atomic E-state index is -0.236. The van der Waals surface area contributed by atoms with Gasteiger partial charge < -0.3 is 5.32 Å². The molecule has 1 aliphatic rings. The molecule has 5 nitrogen and oxygen atoms in total. The van der Waals surface area contributed by atoms with E-state index >= 15 is 0 Å². The lowest BCUT2D eigenvalue weighted by molar-refractivity contribution is -0.120. The number of hydrogen-bond donors (Lipinski definition) is 2. The van der Waals surface area contributed by atoms with Crippen LogP contribution in [0.5, 0.6) is 0 Å². The van der Waals surface area contributed by atoms with E-state index in [1.165, 1.54) is 43.9 Å². The summed E-state index contributed by atoms with van der Waals surface area (Å²) in [5.41, 5.74) is 1.10. The summed E-state index contributed by atoms with van der Waals surface area (Å²) < 4.78 is 0. The zero-order chi connectivity index (χ0) is 18.4. The smallest absolute Gasteiger partial charge is 0.233 e. The monoisotopic (exact) mass is 372 g/mol. The number of rotatable bonds is 8. The molecule has 1 fully saturated rings. The van der Waals surface area contributed by atoms with Gasteiger partial charge in [-0.15, -0.1) is 5.10 Å². The number of aromatic amines is 1. The summed E-state index contributed by atoms with van der Waals surface area (Å²) in [6.07, 6.45) is 7.58. The molecule has 26 heavy (non-hydrogen) atoms. The number of carbonyl (C=O) groups excluding carboxylic acids is 1. The molecule has 2 aromatic rings. The van der Waals surface area contributed by atoms with Gasteiger partial charge in [-0.3, -0.25) is 9.89 Å². The van der Waals surface area contributed by atoms with Crippen LogP contribution in [-0.4, -0.2) is 26.3 Å². The predicted octanol–water partition coefficient (Wildman–Crippen LogP) is 4.29. The summed E-state index contributed by atoms with van der Waals surface area (Å²) >= 11 is 1.40. The van der Waals surface area contributed by atoms with Crippen molar-refractivity contribution in [2.24, 2.45) is 5.92 Å². The van der Waals surface area contributed by atoms with Gasteiger partial charge in [0.2, 0.25) is 11.1 Å². The van der Waals surface area contributed by atoms with Crippen LogP contribution < -0.4 is 5.32 Å². The van der Waals surface area contributed by atoms with Gasteiger partial charge in [0.05, 0.1) is 11.3 Å². The lowest BCUT2D eigenvalue weighted by atomic mass is 10.0. The Labute approximate surface area is 159 Å². The molecule has 140 valence electrons. The Morgan fingerprint density at radius 2 is 2.00 bits per heavy atom. The average molecular weight is 373 g/mol. The summed E-state index contributed by atoms with van der Waals surface area (Å²) in [4.78, 5) is 17.0. The fourth-order valence-electron chi connectivity index (χ4n) is 3.45. The molecule has 2 N–H and O–H groups in total. The molecule has 0 aliphatic heterocycles. The first-order valence-electron chi connectivity index (χ1n) is 9.55. The molecule has 1 aliphatic carbocycles. The summed E-state index contributed by atoms with van der Waals surface area (Å²) in [5, 5.41) is 10.8. The van der Waals surface area contributed by atoms with Crippen LogP contribution in [0.15, 0.2) is 35.5 Å². The number of aryl methyl sites for hydroxylation is 1. The number of thioether (sulfide) groups is 1. The molecule has 1 amide bonds.